The van der Waals surface area contributed by atoms with Crippen LogP contribution in [0, 0.1) is 0 Å². The van der Waals surface area contributed by atoms with E-state index in [0.29, 0.717) is 4.31 Å². The summed E-state index contributed by atoms with van der Waals surface area (Å²) in [4.78, 5) is 24.1. The zero-order chi connectivity index (χ0) is 20.5. The number of halogens is 3. The summed E-state index contributed by atoms with van der Waals surface area (Å²) in [5.41, 5.74) is -0.829. The number of fused-ring (bicyclic) bond motifs is 1. The maximum Gasteiger partial charge on any atom is 0.416 e. The second-order valence-corrected chi connectivity index (χ2v) is 7.94. The molecule has 1 N–H and O–H groups in total. The molecule has 3 rings (SSSR count). The minimum absolute atomic E-state index is 0.0166. The van der Waals surface area contributed by atoms with Crippen LogP contribution in [-0.2, 0) is 21.0 Å². The predicted octanol–water partition coefficient (Wildman–Crippen LogP) is 3.27. The molecule has 2 aromatic rings. The minimum atomic E-state index is -4.53. The highest BCUT2D eigenvalue weighted by Crippen LogP contribution is 2.31. The van der Waals surface area contributed by atoms with Gasteiger partial charge in [0.1, 0.15) is 4.90 Å². The summed E-state index contributed by atoms with van der Waals surface area (Å²) >= 11 is 0. The van der Waals surface area contributed by atoms with Crippen LogP contribution >= 0.6 is 0 Å². The Morgan fingerprint density at radius 2 is 1.79 bits per heavy atom. The first-order valence-corrected chi connectivity index (χ1v) is 9.68. The van der Waals surface area contributed by atoms with Gasteiger partial charge in [-0.1, -0.05) is 18.2 Å². The fourth-order valence-corrected chi connectivity index (χ4v) is 4.44. The highest BCUT2D eigenvalue weighted by atomic mass is 32.2. The lowest BCUT2D eigenvalue weighted by atomic mass is 10.2. The van der Waals surface area contributed by atoms with Gasteiger partial charge in [-0.15, -0.1) is 0 Å². The number of hydrogen-bond acceptors (Lipinski definition) is 4. The van der Waals surface area contributed by atoms with Gasteiger partial charge in [0.25, 0.3) is 15.9 Å². The molecule has 0 bridgehead atoms. The van der Waals surface area contributed by atoms with Crippen LogP contribution in [0.3, 0.4) is 0 Å². The van der Waals surface area contributed by atoms with E-state index in [4.69, 9.17) is 0 Å². The Kier molecular flexibility index (Phi) is 5.16. The highest BCUT2D eigenvalue weighted by Gasteiger charge is 2.40. The zero-order valence-corrected chi connectivity index (χ0v) is 15.2. The van der Waals surface area contributed by atoms with Gasteiger partial charge in [-0.2, -0.15) is 13.2 Å². The minimum Gasteiger partial charge on any atom is -0.326 e. The Morgan fingerprint density at radius 3 is 2.46 bits per heavy atom. The summed E-state index contributed by atoms with van der Waals surface area (Å²) in [7, 11) is -3.95. The summed E-state index contributed by atoms with van der Waals surface area (Å²) in [5, 5.41) is 2.34. The number of alkyl halides is 3. The van der Waals surface area contributed by atoms with Crippen LogP contribution in [-0.4, -0.2) is 31.1 Å². The number of anilines is 1. The van der Waals surface area contributed by atoms with E-state index < -0.39 is 33.6 Å². The van der Waals surface area contributed by atoms with E-state index in [0.717, 1.165) is 12.1 Å². The topological polar surface area (TPSA) is 83.6 Å². The second kappa shape index (κ2) is 7.27. The van der Waals surface area contributed by atoms with Crippen molar-refractivity contribution < 1.29 is 31.2 Å². The Bertz CT molecular complexity index is 1040. The van der Waals surface area contributed by atoms with E-state index in [2.05, 4.69) is 5.32 Å². The van der Waals surface area contributed by atoms with Crippen molar-refractivity contribution in [2.45, 2.75) is 23.9 Å². The number of sulfonamides is 1. The molecule has 148 valence electrons. The van der Waals surface area contributed by atoms with Gasteiger partial charge >= 0.3 is 6.18 Å². The lowest BCUT2D eigenvalue weighted by Crippen LogP contribution is -2.31. The van der Waals surface area contributed by atoms with E-state index in [1.165, 1.54) is 30.3 Å². The molecule has 0 radical (unpaired) electrons. The SMILES string of the molecule is O=C(CCCN1C(=O)c2ccccc2S1(=O)=O)Nc1cccc(C(F)(F)F)c1. The first kappa shape index (κ1) is 19.9. The Hall–Kier alpha value is -2.88. The van der Waals surface area contributed by atoms with E-state index in [1.807, 2.05) is 0 Å². The van der Waals surface area contributed by atoms with Gasteiger partial charge in [0.05, 0.1) is 11.1 Å². The van der Waals surface area contributed by atoms with Gasteiger partial charge in [-0.05, 0) is 36.8 Å². The van der Waals surface area contributed by atoms with Gasteiger partial charge < -0.3 is 5.32 Å². The molecule has 2 amide bonds. The molecule has 0 aliphatic carbocycles. The Morgan fingerprint density at radius 1 is 1.07 bits per heavy atom. The number of benzene rings is 2. The number of rotatable bonds is 5. The number of nitrogens with zero attached hydrogens (tertiary/aromatic N) is 1. The third kappa shape index (κ3) is 3.86. The maximum atomic E-state index is 12.7. The Labute approximate surface area is 159 Å². The first-order chi connectivity index (χ1) is 13.1. The standard InChI is InChI=1S/C18H15F3N2O4S/c19-18(20,21)12-5-3-6-13(11-12)22-16(24)9-4-10-23-17(25)14-7-1-2-8-15(14)28(23,26)27/h1-3,5-8,11H,4,9-10H2,(H,22,24). The molecule has 6 nitrogen and oxygen atoms in total. The van der Waals surface area contributed by atoms with Crippen LogP contribution in [0.5, 0.6) is 0 Å². The quantitative estimate of drug-likeness (QED) is 0.817. The molecule has 28 heavy (non-hydrogen) atoms. The van der Waals surface area contributed by atoms with Crippen LogP contribution in [0.2, 0.25) is 0 Å². The molecule has 0 saturated carbocycles. The summed E-state index contributed by atoms with van der Waals surface area (Å²) < 4.78 is 63.6. The highest BCUT2D eigenvalue weighted by molar-refractivity contribution is 7.90. The van der Waals surface area contributed by atoms with Crippen LogP contribution in [0.1, 0.15) is 28.8 Å². The van der Waals surface area contributed by atoms with E-state index in [1.54, 1.807) is 6.07 Å². The molecule has 1 aliphatic rings. The van der Waals surface area contributed by atoms with Gasteiger partial charge in [-0.3, -0.25) is 9.59 Å². The van der Waals surface area contributed by atoms with Crippen LogP contribution in [0.4, 0.5) is 18.9 Å². The number of carbonyl (C=O) groups excluding carboxylic acids is 2. The lowest BCUT2D eigenvalue weighted by molar-refractivity contribution is -0.137. The predicted molar refractivity (Wildman–Crippen MR) is 94.0 cm³/mol. The largest absolute Gasteiger partial charge is 0.416 e. The van der Waals surface area contributed by atoms with Crippen LogP contribution in [0.25, 0.3) is 0 Å². The van der Waals surface area contributed by atoms with Gasteiger partial charge in [0.2, 0.25) is 5.91 Å². The van der Waals surface area contributed by atoms with Crippen molar-refractivity contribution in [3.63, 3.8) is 0 Å². The third-order valence-electron chi connectivity index (χ3n) is 4.15. The molecule has 0 fully saturated rings. The third-order valence-corrected chi connectivity index (χ3v) is 5.99. The normalized spacial score (nSPS) is 15.4. The molecule has 1 aliphatic heterocycles. The Balaban J connectivity index is 1.59. The van der Waals surface area contributed by atoms with Crippen molar-refractivity contribution >= 4 is 27.5 Å². The number of amides is 2. The van der Waals surface area contributed by atoms with E-state index in [9.17, 15) is 31.2 Å². The van der Waals surface area contributed by atoms with Crippen molar-refractivity contribution in [1.29, 1.82) is 0 Å². The lowest BCUT2D eigenvalue weighted by Gasteiger charge is -2.15. The molecular weight excluding hydrogens is 397 g/mol. The molecule has 0 saturated heterocycles. The summed E-state index contributed by atoms with van der Waals surface area (Å²) in [6.45, 7) is -0.203. The zero-order valence-electron chi connectivity index (χ0n) is 14.4. The maximum absolute atomic E-state index is 12.7. The van der Waals surface area contributed by atoms with Crippen molar-refractivity contribution in [1.82, 2.24) is 4.31 Å². The number of nitrogens with one attached hydrogen (secondary N) is 1. The molecule has 0 unspecified atom stereocenters. The number of hydrogen-bond donors (Lipinski definition) is 1. The van der Waals surface area contributed by atoms with E-state index in [-0.39, 0.29) is 35.5 Å². The molecule has 0 spiro atoms. The summed E-state index contributed by atoms with van der Waals surface area (Å²) in [6.07, 6.45) is -4.66. The molecule has 1 heterocycles. The fourth-order valence-electron chi connectivity index (χ4n) is 2.83. The van der Waals surface area contributed by atoms with Crippen molar-refractivity contribution in [3.05, 3.63) is 59.7 Å². The molecule has 0 atom stereocenters. The van der Waals surface area contributed by atoms with Crippen molar-refractivity contribution in [2.75, 3.05) is 11.9 Å². The van der Waals surface area contributed by atoms with E-state index >= 15 is 0 Å². The van der Waals surface area contributed by atoms with Crippen LogP contribution < -0.4 is 5.32 Å². The average molecular weight is 412 g/mol. The average Bonchev–Trinajstić information content (AvgIpc) is 2.82. The summed E-state index contributed by atoms with van der Waals surface area (Å²) in [6, 6.07) is 10.00. The first-order valence-electron chi connectivity index (χ1n) is 8.24. The summed E-state index contributed by atoms with van der Waals surface area (Å²) in [5.74, 6) is -1.24. The van der Waals surface area contributed by atoms with Gasteiger partial charge in [0, 0.05) is 18.7 Å². The van der Waals surface area contributed by atoms with Crippen molar-refractivity contribution in [3.8, 4) is 0 Å². The molecule has 10 heteroatoms. The fraction of sp³-hybridized carbons (Fsp3) is 0.222. The van der Waals surface area contributed by atoms with Crippen molar-refractivity contribution in [2.24, 2.45) is 0 Å². The molecular formula is C18H15F3N2O4S. The molecule has 2 aromatic carbocycles. The molecule has 0 aromatic heterocycles. The second-order valence-electron chi connectivity index (χ2n) is 6.11. The van der Waals surface area contributed by atoms with Crippen LogP contribution in [0.15, 0.2) is 53.4 Å². The van der Waals surface area contributed by atoms with Gasteiger partial charge in [0.15, 0.2) is 0 Å². The smallest absolute Gasteiger partial charge is 0.326 e. The van der Waals surface area contributed by atoms with Gasteiger partial charge in [-0.25, -0.2) is 12.7 Å². The monoisotopic (exact) mass is 412 g/mol. The number of carbonyl (C=O) groups is 2.